The fraction of sp³-hybridized carbons (Fsp3) is 0.333. The summed E-state index contributed by atoms with van der Waals surface area (Å²) in [6.07, 6.45) is 1.77. The van der Waals surface area contributed by atoms with Gasteiger partial charge in [0.15, 0.2) is 0 Å². The van der Waals surface area contributed by atoms with E-state index in [0.29, 0.717) is 11.5 Å². The predicted molar refractivity (Wildman–Crippen MR) is 56.5 cm³/mol. The smallest absolute Gasteiger partial charge is 0.353 e. The number of rotatable bonds is 2. The zero-order valence-electron chi connectivity index (χ0n) is 8.57. The van der Waals surface area contributed by atoms with E-state index in [1.54, 1.807) is 6.20 Å². The molecule has 2 aromatic rings. The molecule has 15 heavy (non-hydrogen) atoms. The average molecular weight is 208 g/mol. The third-order valence-electron chi connectivity index (χ3n) is 2.30. The van der Waals surface area contributed by atoms with E-state index >= 15 is 0 Å². The number of hydrogen-bond donors (Lipinski definition) is 2. The van der Waals surface area contributed by atoms with Crippen LogP contribution in [0.5, 0.6) is 0 Å². The minimum atomic E-state index is -0.413. The van der Waals surface area contributed by atoms with E-state index in [2.05, 4.69) is 9.97 Å². The predicted octanol–water partition coefficient (Wildman–Crippen LogP) is 0.219. The van der Waals surface area contributed by atoms with Gasteiger partial charge in [-0.15, -0.1) is 0 Å². The number of anilines is 1. The van der Waals surface area contributed by atoms with Gasteiger partial charge >= 0.3 is 5.69 Å². The van der Waals surface area contributed by atoms with E-state index in [0.717, 1.165) is 10.9 Å². The number of aromatic amines is 1. The Labute approximate surface area is 85.7 Å². The van der Waals surface area contributed by atoms with E-state index in [9.17, 15) is 4.79 Å². The van der Waals surface area contributed by atoms with Gasteiger partial charge in [0.1, 0.15) is 18.2 Å². The molecule has 0 aliphatic rings. The fourth-order valence-electron chi connectivity index (χ4n) is 1.57. The Hall–Kier alpha value is -1.82. The highest BCUT2D eigenvalue weighted by atomic mass is 16.5. The Morgan fingerprint density at radius 2 is 2.40 bits per heavy atom. The SMILES string of the molecule is COCn1c(N)c2c(C)c[nH]c2nc1=O. The van der Waals surface area contributed by atoms with Gasteiger partial charge in [0, 0.05) is 13.3 Å². The molecule has 6 nitrogen and oxygen atoms in total. The van der Waals surface area contributed by atoms with Crippen LogP contribution < -0.4 is 11.4 Å². The lowest BCUT2D eigenvalue weighted by Crippen LogP contribution is -2.26. The third-order valence-corrected chi connectivity index (χ3v) is 2.30. The number of nitrogens with two attached hydrogens (primary N) is 1. The lowest BCUT2D eigenvalue weighted by atomic mass is 10.2. The van der Waals surface area contributed by atoms with Gasteiger partial charge in [-0.05, 0) is 12.5 Å². The number of ether oxygens (including phenoxy) is 1. The van der Waals surface area contributed by atoms with Crippen molar-refractivity contribution >= 4 is 16.9 Å². The molecular formula is C9H12N4O2. The van der Waals surface area contributed by atoms with Gasteiger partial charge < -0.3 is 15.5 Å². The number of aryl methyl sites for hydroxylation is 1. The fourth-order valence-corrected chi connectivity index (χ4v) is 1.57. The van der Waals surface area contributed by atoms with Crippen molar-refractivity contribution in [3.8, 4) is 0 Å². The first-order chi connectivity index (χ1) is 7.15. The number of nitrogens with zero attached hydrogens (tertiary/aromatic N) is 2. The standard InChI is InChI=1S/C9H12N4O2/c1-5-3-11-8-6(5)7(10)13(4-15-2)9(14)12-8/h3H,4,10H2,1-2H3,(H,11,12,14). The zero-order valence-corrected chi connectivity index (χ0v) is 8.57. The van der Waals surface area contributed by atoms with E-state index in [1.165, 1.54) is 11.7 Å². The molecule has 0 unspecified atom stereocenters. The molecule has 2 heterocycles. The van der Waals surface area contributed by atoms with Crippen LogP contribution >= 0.6 is 0 Å². The average Bonchev–Trinajstić information content (AvgIpc) is 2.54. The summed E-state index contributed by atoms with van der Waals surface area (Å²) in [5, 5.41) is 0.770. The van der Waals surface area contributed by atoms with E-state index < -0.39 is 5.69 Å². The molecule has 80 valence electrons. The molecule has 0 aliphatic heterocycles. The molecule has 0 spiro atoms. The van der Waals surface area contributed by atoms with Crippen molar-refractivity contribution in [2.24, 2.45) is 0 Å². The monoisotopic (exact) mass is 208 g/mol. The first kappa shape index (κ1) is 9.72. The molecule has 2 rings (SSSR count). The molecule has 0 fully saturated rings. The number of nitrogen functional groups attached to an aromatic ring is 1. The van der Waals surface area contributed by atoms with Gasteiger partial charge in [0.25, 0.3) is 0 Å². The van der Waals surface area contributed by atoms with Crippen LogP contribution in [0.15, 0.2) is 11.0 Å². The molecule has 0 saturated carbocycles. The summed E-state index contributed by atoms with van der Waals surface area (Å²) in [7, 11) is 1.50. The molecule has 6 heteroatoms. The summed E-state index contributed by atoms with van der Waals surface area (Å²) < 4.78 is 6.18. The second-order valence-electron chi connectivity index (χ2n) is 3.32. The Bertz CT molecular complexity index is 555. The van der Waals surface area contributed by atoms with Gasteiger partial charge in [-0.1, -0.05) is 0 Å². The molecule has 0 aromatic carbocycles. The number of aromatic nitrogens is 3. The quantitative estimate of drug-likeness (QED) is 0.739. The van der Waals surface area contributed by atoms with Gasteiger partial charge in [0.05, 0.1) is 5.39 Å². The van der Waals surface area contributed by atoms with Crippen LogP contribution in [0, 0.1) is 6.92 Å². The molecule has 0 radical (unpaired) electrons. The summed E-state index contributed by atoms with van der Waals surface area (Å²) in [5.74, 6) is 0.380. The van der Waals surface area contributed by atoms with E-state index in [-0.39, 0.29) is 6.73 Å². The summed E-state index contributed by atoms with van der Waals surface area (Å²) in [6.45, 7) is 2.01. The van der Waals surface area contributed by atoms with Gasteiger partial charge in [0.2, 0.25) is 0 Å². The zero-order chi connectivity index (χ0) is 11.0. The van der Waals surface area contributed by atoms with Gasteiger partial charge in [-0.3, -0.25) is 4.57 Å². The van der Waals surface area contributed by atoms with Gasteiger partial charge in [-0.25, -0.2) is 4.79 Å². The highest BCUT2D eigenvalue weighted by Gasteiger charge is 2.11. The lowest BCUT2D eigenvalue weighted by Gasteiger charge is -2.08. The molecule has 0 amide bonds. The molecule has 0 saturated heterocycles. The highest BCUT2D eigenvalue weighted by Crippen LogP contribution is 2.20. The Morgan fingerprint density at radius 3 is 3.07 bits per heavy atom. The van der Waals surface area contributed by atoms with Crippen LogP contribution in [0.2, 0.25) is 0 Å². The van der Waals surface area contributed by atoms with Crippen molar-refractivity contribution in [2.45, 2.75) is 13.7 Å². The maximum atomic E-state index is 11.5. The Balaban J connectivity index is 2.81. The minimum Gasteiger partial charge on any atom is -0.384 e. The lowest BCUT2D eigenvalue weighted by molar-refractivity contribution is 0.129. The number of hydrogen-bond acceptors (Lipinski definition) is 4. The Morgan fingerprint density at radius 1 is 1.67 bits per heavy atom. The molecule has 0 bridgehead atoms. The Kier molecular flexibility index (Phi) is 2.20. The summed E-state index contributed by atoms with van der Waals surface area (Å²) in [5.41, 5.74) is 6.94. The van der Waals surface area contributed by atoms with Crippen molar-refractivity contribution in [1.82, 2.24) is 14.5 Å². The van der Waals surface area contributed by atoms with Crippen LogP contribution in [0.1, 0.15) is 5.56 Å². The summed E-state index contributed by atoms with van der Waals surface area (Å²) >= 11 is 0. The maximum absolute atomic E-state index is 11.5. The normalized spacial score (nSPS) is 11.1. The number of methoxy groups -OCH3 is 1. The first-order valence-electron chi connectivity index (χ1n) is 4.48. The minimum absolute atomic E-state index is 0.109. The van der Waals surface area contributed by atoms with Crippen molar-refractivity contribution in [1.29, 1.82) is 0 Å². The number of nitrogens with one attached hydrogen (secondary N) is 1. The van der Waals surface area contributed by atoms with Crippen LogP contribution in [-0.4, -0.2) is 21.6 Å². The van der Waals surface area contributed by atoms with Crippen LogP contribution in [0.3, 0.4) is 0 Å². The summed E-state index contributed by atoms with van der Waals surface area (Å²) in [6, 6.07) is 0. The molecule has 2 aromatic heterocycles. The summed E-state index contributed by atoms with van der Waals surface area (Å²) in [4.78, 5) is 18.3. The van der Waals surface area contributed by atoms with Crippen LogP contribution in [0.4, 0.5) is 5.82 Å². The maximum Gasteiger partial charge on any atom is 0.353 e. The molecular weight excluding hydrogens is 196 g/mol. The topological polar surface area (TPSA) is 85.9 Å². The van der Waals surface area contributed by atoms with Gasteiger partial charge in [-0.2, -0.15) is 4.98 Å². The van der Waals surface area contributed by atoms with Crippen molar-refractivity contribution in [3.05, 3.63) is 22.2 Å². The second-order valence-corrected chi connectivity index (χ2v) is 3.32. The third kappa shape index (κ3) is 1.39. The molecule has 3 N–H and O–H groups in total. The van der Waals surface area contributed by atoms with Crippen LogP contribution in [-0.2, 0) is 11.5 Å². The van der Waals surface area contributed by atoms with Crippen molar-refractivity contribution in [2.75, 3.05) is 12.8 Å². The molecule has 0 atom stereocenters. The second kappa shape index (κ2) is 3.39. The number of fused-ring (bicyclic) bond motifs is 1. The van der Waals surface area contributed by atoms with E-state index in [4.69, 9.17) is 10.5 Å². The molecule has 0 aliphatic carbocycles. The van der Waals surface area contributed by atoms with Crippen molar-refractivity contribution in [3.63, 3.8) is 0 Å². The highest BCUT2D eigenvalue weighted by molar-refractivity contribution is 5.89. The van der Waals surface area contributed by atoms with Crippen LogP contribution in [0.25, 0.3) is 11.0 Å². The van der Waals surface area contributed by atoms with E-state index in [1.807, 2.05) is 6.92 Å². The largest absolute Gasteiger partial charge is 0.384 e. The number of H-pyrrole nitrogens is 1. The van der Waals surface area contributed by atoms with Crippen molar-refractivity contribution < 1.29 is 4.74 Å². The first-order valence-corrected chi connectivity index (χ1v) is 4.48.